The summed E-state index contributed by atoms with van der Waals surface area (Å²) >= 11 is 0. The molecule has 4 fully saturated rings. The van der Waals surface area contributed by atoms with Gasteiger partial charge in [-0.1, -0.05) is 0 Å². The summed E-state index contributed by atoms with van der Waals surface area (Å²) in [6.45, 7) is 0. The molecule has 5 rings (SSSR count). The van der Waals surface area contributed by atoms with Gasteiger partial charge in [0.2, 0.25) is 0 Å². The second-order valence-corrected chi connectivity index (χ2v) is 8.25. The lowest BCUT2D eigenvalue weighted by Crippen LogP contribution is -2.59. The van der Waals surface area contributed by atoms with Crippen LogP contribution in [0.25, 0.3) is 0 Å². The van der Waals surface area contributed by atoms with Gasteiger partial charge in [0, 0.05) is 11.0 Å². The summed E-state index contributed by atoms with van der Waals surface area (Å²) in [6.07, 6.45) is 6.57. The molecule has 5 heteroatoms. The predicted octanol–water partition coefficient (Wildman–Crippen LogP) is 3.09. The van der Waals surface area contributed by atoms with Crippen LogP contribution < -0.4 is 10.1 Å². The van der Waals surface area contributed by atoms with E-state index in [0.717, 1.165) is 19.3 Å². The molecule has 4 aliphatic carbocycles. The van der Waals surface area contributed by atoms with Crippen LogP contribution in [0.2, 0.25) is 0 Å². The number of carbonyl (C=O) groups is 2. The van der Waals surface area contributed by atoms with Crippen LogP contribution in [0.5, 0.6) is 5.75 Å². The van der Waals surface area contributed by atoms with Crippen molar-refractivity contribution in [1.29, 1.82) is 0 Å². The van der Waals surface area contributed by atoms with Crippen LogP contribution in [0.15, 0.2) is 24.3 Å². The van der Waals surface area contributed by atoms with Crippen LogP contribution in [-0.4, -0.2) is 30.1 Å². The van der Waals surface area contributed by atoms with Crippen molar-refractivity contribution in [3.8, 4) is 5.75 Å². The van der Waals surface area contributed by atoms with Crippen LogP contribution in [0.4, 0.5) is 0 Å². The van der Waals surface area contributed by atoms with Gasteiger partial charge in [0.25, 0.3) is 5.91 Å². The van der Waals surface area contributed by atoms with E-state index in [9.17, 15) is 14.7 Å². The minimum absolute atomic E-state index is 0.261. The zero-order valence-corrected chi connectivity index (χ0v) is 14.5. The molecule has 2 N–H and O–H groups in total. The van der Waals surface area contributed by atoms with Crippen LogP contribution in [-0.2, 0) is 4.79 Å². The molecule has 0 radical (unpaired) electrons. The van der Waals surface area contributed by atoms with E-state index in [1.54, 1.807) is 31.4 Å². The van der Waals surface area contributed by atoms with Gasteiger partial charge in [-0.15, -0.1) is 0 Å². The van der Waals surface area contributed by atoms with Crippen molar-refractivity contribution in [3.63, 3.8) is 0 Å². The van der Waals surface area contributed by atoms with Gasteiger partial charge < -0.3 is 15.2 Å². The van der Waals surface area contributed by atoms with E-state index < -0.39 is 12.0 Å². The Morgan fingerprint density at radius 3 is 2.04 bits per heavy atom. The molecule has 1 aromatic rings. The fraction of sp³-hybridized carbons (Fsp3) is 0.600. The van der Waals surface area contributed by atoms with Gasteiger partial charge in [-0.25, -0.2) is 4.79 Å². The summed E-state index contributed by atoms with van der Waals surface area (Å²) in [7, 11) is 1.57. The highest BCUT2D eigenvalue weighted by molar-refractivity contribution is 5.96. The zero-order valence-electron chi connectivity index (χ0n) is 14.5. The molecule has 1 amide bonds. The highest BCUT2D eigenvalue weighted by atomic mass is 16.5. The normalized spacial score (nSPS) is 33.7. The molecular formula is C20H25NO4. The van der Waals surface area contributed by atoms with Crippen molar-refractivity contribution in [1.82, 2.24) is 5.32 Å². The third kappa shape index (κ3) is 2.90. The maximum absolute atomic E-state index is 12.6. The fourth-order valence-corrected chi connectivity index (χ4v) is 5.96. The quantitative estimate of drug-likeness (QED) is 0.861. The van der Waals surface area contributed by atoms with E-state index in [2.05, 4.69) is 5.32 Å². The van der Waals surface area contributed by atoms with Gasteiger partial charge in [0.15, 0.2) is 0 Å². The van der Waals surface area contributed by atoms with Gasteiger partial charge in [0.05, 0.1) is 7.11 Å². The number of benzene rings is 1. The number of hydrogen-bond acceptors (Lipinski definition) is 3. The second kappa shape index (κ2) is 6.04. The maximum atomic E-state index is 12.6. The van der Waals surface area contributed by atoms with Gasteiger partial charge in [-0.05, 0) is 80.5 Å². The summed E-state index contributed by atoms with van der Waals surface area (Å²) in [5.74, 6) is 1.39. The number of carbonyl (C=O) groups excluding carboxylic acids is 1. The molecule has 25 heavy (non-hydrogen) atoms. The predicted molar refractivity (Wildman–Crippen MR) is 92.5 cm³/mol. The molecule has 1 atom stereocenters. The number of amides is 1. The van der Waals surface area contributed by atoms with E-state index in [4.69, 9.17) is 4.74 Å². The Hall–Kier alpha value is -2.04. The fourth-order valence-electron chi connectivity index (χ4n) is 5.96. The molecule has 1 aromatic carbocycles. The van der Waals surface area contributed by atoms with Crippen molar-refractivity contribution >= 4 is 11.9 Å². The largest absolute Gasteiger partial charge is 0.497 e. The third-order valence-corrected chi connectivity index (χ3v) is 6.57. The number of carboxylic acid groups (broad SMARTS) is 1. The molecule has 0 aliphatic heterocycles. The molecule has 0 saturated heterocycles. The molecule has 0 heterocycles. The first-order valence-electron chi connectivity index (χ1n) is 9.17. The topological polar surface area (TPSA) is 75.6 Å². The first-order chi connectivity index (χ1) is 12.0. The Morgan fingerprint density at radius 1 is 1.08 bits per heavy atom. The number of hydrogen-bond donors (Lipinski definition) is 2. The number of methoxy groups -OCH3 is 1. The smallest absolute Gasteiger partial charge is 0.326 e. The number of nitrogens with one attached hydrogen (secondary N) is 1. The molecular weight excluding hydrogens is 318 g/mol. The Bertz CT molecular complexity index is 646. The van der Waals surface area contributed by atoms with Gasteiger partial charge in [0.1, 0.15) is 11.8 Å². The molecule has 0 unspecified atom stereocenters. The van der Waals surface area contributed by atoms with E-state index in [1.807, 2.05) is 0 Å². The molecule has 134 valence electrons. The van der Waals surface area contributed by atoms with Gasteiger partial charge in [-0.3, -0.25) is 4.79 Å². The number of aliphatic carboxylic acids is 1. The van der Waals surface area contributed by atoms with Crippen LogP contribution in [0.1, 0.15) is 48.9 Å². The lowest BCUT2D eigenvalue weighted by atomic mass is 9.47. The minimum Gasteiger partial charge on any atom is -0.497 e. The van der Waals surface area contributed by atoms with Crippen LogP contribution >= 0.6 is 0 Å². The molecule has 0 spiro atoms. The van der Waals surface area contributed by atoms with Crippen molar-refractivity contribution in [2.45, 2.75) is 44.6 Å². The molecule has 0 aromatic heterocycles. The number of carboxylic acids is 1. The van der Waals surface area contributed by atoms with E-state index in [-0.39, 0.29) is 11.3 Å². The van der Waals surface area contributed by atoms with Crippen molar-refractivity contribution < 1.29 is 19.4 Å². The highest BCUT2D eigenvalue weighted by Gasteiger charge is 2.56. The summed E-state index contributed by atoms with van der Waals surface area (Å²) in [6, 6.07) is 5.99. The Kier molecular flexibility index (Phi) is 3.97. The average Bonchev–Trinajstić information content (AvgIpc) is 2.58. The Morgan fingerprint density at radius 2 is 1.60 bits per heavy atom. The summed E-state index contributed by atoms with van der Waals surface area (Å²) in [5, 5.41) is 12.7. The maximum Gasteiger partial charge on any atom is 0.326 e. The summed E-state index contributed by atoms with van der Waals surface area (Å²) in [5.41, 5.74) is 0.208. The lowest BCUT2D eigenvalue weighted by Gasteiger charge is -2.58. The molecule has 4 bridgehead atoms. The van der Waals surface area contributed by atoms with Gasteiger partial charge in [-0.2, -0.15) is 0 Å². The molecule has 4 aliphatic rings. The monoisotopic (exact) mass is 343 g/mol. The van der Waals surface area contributed by atoms with Crippen molar-refractivity contribution in [3.05, 3.63) is 29.8 Å². The van der Waals surface area contributed by atoms with E-state index in [1.165, 1.54) is 19.3 Å². The minimum atomic E-state index is -0.899. The molecule has 5 nitrogen and oxygen atoms in total. The van der Waals surface area contributed by atoms with Crippen LogP contribution in [0, 0.1) is 23.2 Å². The zero-order chi connectivity index (χ0) is 17.6. The summed E-state index contributed by atoms with van der Waals surface area (Å²) < 4.78 is 5.11. The molecule has 4 saturated carbocycles. The lowest BCUT2D eigenvalue weighted by molar-refractivity contribution is -0.150. The highest BCUT2D eigenvalue weighted by Crippen LogP contribution is 2.61. The SMILES string of the molecule is COc1ccc(C(=O)N[C@H](C(=O)O)C23CC4CC(CC(C4)C2)C3)cc1. The first-order valence-corrected chi connectivity index (χ1v) is 9.17. The number of ether oxygens (including phenoxy) is 1. The van der Waals surface area contributed by atoms with Gasteiger partial charge >= 0.3 is 5.97 Å². The van der Waals surface area contributed by atoms with Crippen LogP contribution in [0.3, 0.4) is 0 Å². The second-order valence-electron chi connectivity index (χ2n) is 8.25. The standard InChI is InChI=1S/C20H25NO4/c1-25-16-4-2-15(3-5-16)18(22)21-17(19(23)24)20-9-12-6-13(10-20)8-14(7-12)11-20/h2-5,12-14,17H,6-11H2,1H3,(H,21,22)(H,23,24)/t12?,13?,14?,17-,20?/m1/s1. The van der Waals surface area contributed by atoms with E-state index in [0.29, 0.717) is 29.1 Å². The number of rotatable bonds is 5. The first kappa shape index (κ1) is 16.4. The van der Waals surface area contributed by atoms with Crippen molar-refractivity contribution in [2.24, 2.45) is 23.2 Å². The Labute approximate surface area is 147 Å². The summed E-state index contributed by atoms with van der Waals surface area (Å²) in [4.78, 5) is 24.7. The Balaban J connectivity index is 1.55. The van der Waals surface area contributed by atoms with E-state index >= 15 is 0 Å². The average molecular weight is 343 g/mol. The third-order valence-electron chi connectivity index (χ3n) is 6.57. The van der Waals surface area contributed by atoms with Crippen molar-refractivity contribution in [2.75, 3.05) is 7.11 Å².